The third-order valence-corrected chi connectivity index (χ3v) is 2.34. The molecular weight excluding hydrogens is 223 g/mol. The van der Waals surface area contributed by atoms with Crippen molar-refractivity contribution in [1.82, 2.24) is 14.6 Å². The first kappa shape index (κ1) is 10.7. The van der Waals surface area contributed by atoms with E-state index in [2.05, 4.69) is 10.1 Å². The number of hydrogen-bond donors (Lipinski definition) is 1. The van der Waals surface area contributed by atoms with Gasteiger partial charge in [-0.25, -0.2) is 9.50 Å². The summed E-state index contributed by atoms with van der Waals surface area (Å²) in [5.74, 6) is 0. The van der Waals surface area contributed by atoms with Gasteiger partial charge < -0.3 is 0 Å². The number of alkyl halides is 3. The highest BCUT2D eigenvalue weighted by Gasteiger charge is 2.36. The van der Waals surface area contributed by atoms with Crippen molar-refractivity contribution in [3.05, 3.63) is 33.4 Å². The highest BCUT2D eigenvalue weighted by molar-refractivity contribution is 5.47. The van der Waals surface area contributed by atoms with Crippen molar-refractivity contribution in [2.45, 2.75) is 20.0 Å². The van der Waals surface area contributed by atoms with E-state index in [1.54, 1.807) is 6.92 Å². The number of fused-ring (bicyclic) bond motifs is 1. The summed E-state index contributed by atoms with van der Waals surface area (Å²) >= 11 is 0. The molecule has 2 rings (SSSR count). The molecule has 0 saturated heterocycles. The lowest BCUT2D eigenvalue weighted by Crippen LogP contribution is -2.24. The standard InChI is InChI=1S/C9H8F3N3O/c1-4-3-13-15-7(4)14-6(9(10,11)12)5(2)8(15)16/h3,13H,1-2H3. The van der Waals surface area contributed by atoms with Gasteiger partial charge in [-0.15, -0.1) is 0 Å². The molecule has 2 heterocycles. The second-order valence-electron chi connectivity index (χ2n) is 3.50. The van der Waals surface area contributed by atoms with Gasteiger partial charge in [-0.3, -0.25) is 9.89 Å². The molecule has 0 spiro atoms. The van der Waals surface area contributed by atoms with Crippen LogP contribution in [0.5, 0.6) is 0 Å². The van der Waals surface area contributed by atoms with Crippen LogP contribution >= 0.6 is 0 Å². The van der Waals surface area contributed by atoms with Crippen LogP contribution < -0.4 is 5.56 Å². The topological polar surface area (TPSA) is 50.2 Å². The Morgan fingerprint density at radius 1 is 1.38 bits per heavy atom. The Kier molecular flexibility index (Phi) is 2.08. The van der Waals surface area contributed by atoms with Gasteiger partial charge in [0.2, 0.25) is 0 Å². The monoisotopic (exact) mass is 231 g/mol. The van der Waals surface area contributed by atoms with E-state index in [1.165, 1.54) is 6.20 Å². The fourth-order valence-electron chi connectivity index (χ4n) is 1.49. The van der Waals surface area contributed by atoms with Crippen molar-refractivity contribution in [1.29, 1.82) is 0 Å². The Balaban J connectivity index is 2.93. The molecule has 0 fully saturated rings. The molecule has 2 aromatic heterocycles. The number of aromatic nitrogens is 3. The van der Waals surface area contributed by atoms with Crippen LogP contribution in [0.15, 0.2) is 11.0 Å². The number of hydrogen-bond acceptors (Lipinski definition) is 2. The smallest absolute Gasteiger partial charge is 0.297 e. The summed E-state index contributed by atoms with van der Waals surface area (Å²) in [4.78, 5) is 15.1. The van der Waals surface area contributed by atoms with Gasteiger partial charge in [-0.1, -0.05) is 0 Å². The summed E-state index contributed by atoms with van der Waals surface area (Å²) < 4.78 is 38.7. The Morgan fingerprint density at radius 2 is 2.00 bits per heavy atom. The van der Waals surface area contributed by atoms with E-state index in [0.717, 1.165) is 11.4 Å². The van der Waals surface area contributed by atoms with E-state index >= 15 is 0 Å². The molecular formula is C9H8F3N3O. The summed E-state index contributed by atoms with van der Waals surface area (Å²) in [5.41, 5.74) is -1.77. The van der Waals surface area contributed by atoms with Gasteiger partial charge in [0.05, 0.1) is 0 Å². The fraction of sp³-hybridized carbons (Fsp3) is 0.333. The molecule has 0 bridgehead atoms. The van der Waals surface area contributed by atoms with Crippen LogP contribution in [0.3, 0.4) is 0 Å². The number of aryl methyl sites for hydroxylation is 1. The largest absolute Gasteiger partial charge is 0.433 e. The van der Waals surface area contributed by atoms with Gasteiger partial charge in [-0.2, -0.15) is 13.2 Å². The van der Waals surface area contributed by atoms with Crippen LogP contribution in [0.25, 0.3) is 5.65 Å². The number of aromatic amines is 1. The minimum atomic E-state index is -4.61. The predicted octanol–water partition coefficient (Wildman–Crippen LogP) is 1.66. The van der Waals surface area contributed by atoms with Gasteiger partial charge in [0.15, 0.2) is 11.3 Å². The van der Waals surface area contributed by atoms with Gasteiger partial charge in [0, 0.05) is 17.3 Å². The molecule has 4 nitrogen and oxygen atoms in total. The number of H-pyrrole nitrogens is 1. The van der Waals surface area contributed by atoms with E-state index < -0.39 is 23.0 Å². The second kappa shape index (κ2) is 3.10. The normalized spacial score (nSPS) is 12.3. The maximum atomic E-state index is 12.6. The molecule has 0 atom stereocenters. The zero-order valence-corrected chi connectivity index (χ0v) is 8.51. The van der Waals surface area contributed by atoms with Crippen LogP contribution in [0.2, 0.25) is 0 Å². The SMILES string of the molecule is Cc1c(C(F)(F)F)nc2c(C)c[nH]n2c1=O. The molecule has 0 saturated carbocycles. The average molecular weight is 231 g/mol. The second-order valence-corrected chi connectivity index (χ2v) is 3.50. The predicted molar refractivity (Wildman–Crippen MR) is 50.3 cm³/mol. The van der Waals surface area contributed by atoms with Crippen LogP contribution in [0, 0.1) is 13.8 Å². The molecule has 0 aliphatic carbocycles. The molecule has 2 aromatic rings. The Labute approximate surface area is 87.7 Å². The van der Waals surface area contributed by atoms with E-state index in [-0.39, 0.29) is 5.65 Å². The average Bonchev–Trinajstić information content (AvgIpc) is 2.52. The Hall–Kier alpha value is -1.79. The van der Waals surface area contributed by atoms with E-state index in [9.17, 15) is 18.0 Å². The zero-order chi connectivity index (χ0) is 12.1. The first-order valence-electron chi connectivity index (χ1n) is 4.47. The minimum Gasteiger partial charge on any atom is -0.297 e. The molecule has 16 heavy (non-hydrogen) atoms. The summed E-state index contributed by atoms with van der Waals surface area (Å²) in [7, 11) is 0. The van der Waals surface area contributed by atoms with E-state index in [1.807, 2.05) is 0 Å². The lowest BCUT2D eigenvalue weighted by atomic mass is 10.2. The molecule has 0 unspecified atom stereocenters. The number of halogens is 3. The number of nitrogens with one attached hydrogen (secondary N) is 1. The number of rotatable bonds is 0. The van der Waals surface area contributed by atoms with E-state index in [0.29, 0.717) is 5.56 Å². The van der Waals surface area contributed by atoms with Gasteiger partial charge in [0.1, 0.15) is 0 Å². The maximum absolute atomic E-state index is 12.6. The Morgan fingerprint density at radius 3 is 2.56 bits per heavy atom. The molecule has 0 aliphatic heterocycles. The Bertz CT molecular complexity index is 609. The minimum absolute atomic E-state index is 0.00271. The fourth-order valence-corrected chi connectivity index (χ4v) is 1.49. The molecule has 0 amide bonds. The highest BCUT2D eigenvalue weighted by Crippen LogP contribution is 2.29. The quantitative estimate of drug-likeness (QED) is 0.749. The summed E-state index contributed by atoms with van der Waals surface area (Å²) in [6.45, 7) is 2.69. The van der Waals surface area contributed by atoms with Crippen LogP contribution in [0.1, 0.15) is 16.8 Å². The first-order chi connectivity index (χ1) is 7.32. The van der Waals surface area contributed by atoms with E-state index in [4.69, 9.17) is 0 Å². The van der Waals surface area contributed by atoms with Gasteiger partial charge in [0.25, 0.3) is 5.56 Å². The van der Waals surface area contributed by atoms with Crippen molar-refractivity contribution in [2.75, 3.05) is 0 Å². The molecule has 0 radical (unpaired) electrons. The molecule has 7 heteroatoms. The van der Waals surface area contributed by atoms with Crippen LogP contribution in [0.4, 0.5) is 13.2 Å². The van der Waals surface area contributed by atoms with Crippen LogP contribution in [-0.2, 0) is 6.18 Å². The number of nitrogens with zero attached hydrogens (tertiary/aromatic N) is 2. The highest BCUT2D eigenvalue weighted by atomic mass is 19.4. The van der Waals surface area contributed by atoms with Crippen molar-refractivity contribution >= 4 is 5.65 Å². The third kappa shape index (κ3) is 1.39. The van der Waals surface area contributed by atoms with Crippen molar-refractivity contribution in [3.63, 3.8) is 0 Å². The van der Waals surface area contributed by atoms with Gasteiger partial charge in [-0.05, 0) is 13.8 Å². The summed E-state index contributed by atoms with van der Waals surface area (Å²) in [6.07, 6.45) is -3.18. The third-order valence-electron chi connectivity index (χ3n) is 2.34. The van der Waals surface area contributed by atoms with Gasteiger partial charge >= 0.3 is 6.18 Å². The lowest BCUT2D eigenvalue weighted by Gasteiger charge is -2.08. The lowest BCUT2D eigenvalue weighted by molar-refractivity contribution is -0.141. The molecule has 86 valence electrons. The summed E-state index contributed by atoms with van der Waals surface area (Å²) in [5, 5.41) is 2.55. The van der Waals surface area contributed by atoms with Crippen molar-refractivity contribution in [2.24, 2.45) is 0 Å². The summed E-state index contributed by atoms with van der Waals surface area (Å²) in [6, 6.07) is 0. The molecule has 1 N–H and O–H groups in total. The zero-order valence-electron chi connectivity index (χ0n) is 8.51. The molecule has 0 aromatic carbocycles. The van der Waals surface area contributed by atoms with Crippen LogP contribution in [-0.4, -0.2) is 14.6 Å². The maximum Gasteiger partial charge on any atom is 0.433 e. The first-order valence-corrected chi connectivity index (χ1v) is 4.47. The molecule has 0 aliphatic rings. The van der Waals surface area contributed by atoms with Crippen molar-refractivity contribution in [3.8, 4) is 0 Å². The van der Waals surface area contributed by atoms with Crippen molar-refractivity contribution < 1.29 is 13.2 Å².